The van der Waals surface area contributed by atoms with E-state index in [1.807, 2.05) is 26.0 Å². The lowest BCUT2D eigenvalue weighted by Gasteiger charge is -2.14. The van der Waals surface area contributed by atoms with Gasteiger partial charge in [-0.1, -0.05) is 12.1 Å². The maximum Gasteiger partial charge on any atom is 0.123 e. The summed E-state index contributed by atoms with van der Waals surface area (Å²) in [4.78, 5) is 0. The second-order valence-electron chi connectivity index (χ2n) is 5.03. The van der Waals surface area contributed by atoms with Crippen molar-refractivity contribution in [2.75, 3.05) is 0 Å². The SMILES string of the molecule is Cc1n[nH]c(C)c1CNC(C)Cc1ccc(F)cc1. The molecule has 0 spiro atoms. The van der Waals surface area contributed by atoms with Crippen LogP contribution in [0.3, 0.4) is 0 Å². The van der Waals surface area contributed by atoms with E-state index in [9.17, 15) is 4.39 Å². The van der Waals surface area contributed by atoms with Gasteiger partial charge in [0.25, 0.3) is 0 Å². The van der Waals surface area contributed by atoms with Gasteiger partial charge in [0.05, 0.1) is 5.69 Å². The zero-order valence-electron chi connectivity index (χ0n) is 11.6. The van der Waals surface area contributed by atoms with Crippen molar-refractivity contribution in [3.8, 4) is 0 Å². The minimum absolute atomic E-state index is 0.186. The Morgan fingerprint density at radius 2 is 1.95 bits per heavy atom. The minimum atomic E-state index is -0.186. The lowest BCUT2D eigenvalue weighted by Crippen LogP contribution is -2.27. The van der Waals surface area contributed by atoms with Crippen LogP contribution in [-0.2, 0) is 13.0 Å². The molecule has 0 aliphatic heterocycles. The molecule has 0 radical (unpaired) electrons. The van der Waals surface area contributed by atoms with Crippen LogP contribution in [-0.4, -0.2) is 16.2 Å². The smallest absolute Gasteiger partial charge is 0.123 e. The number of H-pyrrole nitrogens is 1. The maximum absolute atomic E-state index is 12.8. The third-order valence-electron chi connectivity index (χ3n) is 3.36. The van der Waals surface area contributed by atoms with Gasteiger partial charge in [-0.05, 0) is 44.9 Å². The van der Waals surface area contributed by atoms with Gasteiger partial charge < -0.3 is 5.32 Å². The van der Waals surface area contributed by atoms with Crippen LogP contribution in [0.4, 0.5) is 4.39 Å². The van der Waals surface area contributed by atoms with E-state index in [1.165, 1.54) is 17.7 Å². The van der Waals surface area contributed by atoms with Crippen LogP contribution in [0, 0.1) is 19.7 Å². The third kappa shape index (κ3) is 3.64. The van der Waals surface area contributed by atoms with E-state index in [2.05, 4.69) is 22.4 Å². The Kier molecular flexibility index (Phi) is 4.32. The number of nitrogens with one attached hydrogen (secondary N) is 2. The number of aromatic nitrogens is 2. The van der Waals surface area contributed by atoms with Crippen molar-refractivity contribution < 1.29 is 4.39 Å². The Hall–Kier alpha value is -1.68. The summed E-state index contributed by atoms with van der Waals surface area (Å²) in [6.07, 6.45) is 0.885. The van der Waals surface area contributed by atoms with Gasteiger partial charge in [-0.15, -0.1) is 0 Å². The monoisotopic (exact) mass is 261 g/mol. The molecule has 0 amide bonds. The highest BCUT2D eigenvalue weighted by molar-refractivity contribution is 5.23. The molecule has 1 heterocycles. The fourth-order valence-corrected chi connectivity index (χ4v) is 2.16. The van der Waals surface area contributed by atoms with Crippen molar-refractivity contribution in [1.29, 1.82) is 0 Å². The molecule has 1 aromatic carbocycles. The van der Waals surface area contributed by atoms with Crippen LogP contribution in [0.1, 0.15) is 29.4 Å². The Bertz CT molecular complexity index is 511. The predicted molar refractivity (Wildman–Crippen MR) is 74.5 cm³/mol. The number of halogens is 1. The maximum atomic E-state index is 12.8. The fourth-order valence-electron chi connectivity index (χ4n) is 2.16. The molecule has 2 N–H and O–H groups in total. The molecule has 1 atom stereocenters. The summed E-state index contributed by atoms with van der Waals surface area (Å²) in [6, 6.07) is 7.02. The van der Waals surface area contributed by atoms with Crippen molar-refractivity contribution in [3.05, 3.63) is 52.6 Å². The van der Waals surface area contributed by atoms with Gasteiger partial charge in [0.2, 0.25) is 0 Å². The summed E-state index contributed by atoms with van der Waals surface area (Å²) in [7, 11) is 0. The number of hydrogen-bond donors (Lipinski definition) is 2. The lowest BCUT2D eigenvalue weighted by atomic mass is 10.1. The lowest BCUT2D eigenvalue weighted by molar-refractivity contribution is 0.542. The summed E-state index contributed by atoms with van der Waals surface area (Å²) < 4.78 is 12.8. The van der Waals surface area contributed by atoms with Crippen LogP contribution in [0.25, 0.3) is 0 Å². The summed E-state index contributed by atoms with van der Waals surface area (Å²) in [6.45, 7) is 6.97. The van der Waals surface area contributed by atoms with Crippen molar-refractivity contribution >= 4 is 0 Å². The Morgan fingerprint density at radius 1 is 1.26 bits per heavy atom. The molecule has 0 saturated heterocycles. The van der Waals surface area contributed by atoms with E-state index >= 15 is 0 Å². The van der Waals surface area contributed by atoms with E-state index in [0.717, 1.165) is 29.9 Å². The highest BCUT2D eigenvalue weighted by Crippen LogP contribution is 2.10. The number of nitrogens with zero attached hydrogens (tertiary/aromatic N) is 1. The van der Waals surface area contributed by atoms with Gasteiger partial charge in [0, 0.05) is 23.8 Å². The molecule has 1 aromatic heterocycles. The third-order valence-corrected chi connectivity index (χ3v) is 3.36. The number of benzene rings is 1. The number of aryl methyl sites for hydroxylation is 2. The molecule has 2 aromatic rings. The van der Waals surface area contributed by atoms with Crippen molar-refractivity contribution in [3.63, 3.8) is 0 Å². The van der Waals surface area contributed by atoms with E-state index in [-0.39, 0.29) is 5.82 Å². The van der Waals surface area contributed by atoms with Crippen LogP contribution in [0.5, 0.6) is 0 Å². The topological polar surface area (TPSA) is 40.7 Å². The van der Waals surface area contributed by atoms with Gasteiger partial charge in [0.15, 0.2) is 0 Å². The molecule has 0 fully saturated rings. The van der Waals surface area contributed by atoms with Gasteiger partial charge in [0.1, 0.15) is 5.82 Å². The molecule has 0 aliphatic rings. The molecule has 1 unspecified atom stereocenters. The van der Waals surface area contributed by atoms with E-state index in [1.54, 1.807) is 0 Å². The average molecular weight is 261 g/mol. The fraction of sp³-hybridized carbons (Fsp3) is 0.400. The Labute approximate surface area is 113 Å². The summed E-state index contributed by atoms with van der Waals surface area (Å²) in [5.41, 5.74) is 4.52. The van der Waals surface area contributed by atoms with Gasteiger partial charge in [-0.2, -0.15) is 5.10 Å². The van der Waals surface area contributed by atoms with Gasteiger partial charge in [-0.25, -0.2) is 4.39 Å². The predicted octanol–water partition coefficient (Wildman–Crippen LogP) is 2.89. The molecule has 2 rings (SSSR count). The minimum Gasteiger partial charge on any atom is -0.310 e. The molecule has 0 saturated carbocycles. The summed E-state index contributed by atoms with van der Waals surface area (Å²) >= 11 is 0. The summed E-state index contributed by atoms with van der Waals surface area (Å²) in [5, 5.41) is 10.6. The molecule has 102 valence electrons. The number of rotatable bonds is 5. The first kappa shape index (κ1) is 13.7. The molecule has 19 heavy (non-hydrogen) atoms. The molecular weight excluding hydrogens is 241 g/mol. The zero-order valence-corrected chi connectivity index (χ0v) is 11.6. The molecular formula is C15H20FN3. The van der Waals surface area contributed by atoms with Crippen LogP contribution >= 0.6 is 0 Å². The van der Waals surface area contributed by atoms with E-state index in [4.69, 9.17) is 0 Å². The highest BCUT2D eigenvalue weighted by Gasteiger charge is 2.08. The molecule has 0 bridgehead atoms. The molecule has 4 heteroatoms. The first-order valence-corrected chi connectivity index (χ1v) is 6.54. The Morgan fingerprint density at radius 3 is 2.53 bits per heavy atom. The second-order valence-corrected chi connectivity index (χ2v) is 5.03. The first-order valence-electron chi connectivity index (χ1n) is 6.54. The average Bonchev–Trinajstić information content (AvgIpc) is 2.70. The van der Waals surface area contributed by atoms with E-state index in [0.29, 0.717) is 6.04 Å². The Balaban J connectivity index is 1.88. The quantitative estimate of drug-likeness (QED) is 0.869. The van der Waals surface area contributed by atoms with E-state index < -0.39 is 0 Å². The second kappa shape index (κ2) is 5.97. The summed E-state index contributed by atoms with van der Waals surface area (Å²) in [5.74, 6) is -0.186. The molecule has 0 aliphatic carbocycles. The zero-order chi connectivity index (χ0) is 13.8. The molecule has 3 nitrogen and oxygen atoms in total. The van der Waals surface area contributed by atoms with Crippen LogP contribution < -0.4 is 5.32 Å². The number of aromatic amines is 1. The van der Waals surface area contributed by atoms with Gasteiger partial charge >= 0.3 is 0 Å². The standard InChI is InChI=1S/C15H20FN3/c1-10(8-13-4-6-14(16)7-5-13)17-9-15-11(2)18-19-12(15)3/h4-7,10,17H,8-9H2,1-3H3,(H,18,19). The van der Waals surface area contributed by atoms with Crippen LogP contribution in [0.2, 0.25) is 0 Å². The van der Waals surface area contributed by atoms with Crippen molar-refractivity contribution in [2.24, 2.45) is 0 Å². The van der Waals surface area contributed by atoms with Crippen molar-refractivity contribution in [1.82, 2.24) is 15.5 Å². The normalized spacial score (nSPS) is 12.6. The van der Waals surface area contributed by atoms with Crippen molar-refractivity contribution in [2.45, 2.75) is 39.8 Å². The van der Waals surface area contributed by atoms with Crippen LogP contribution in [0.15, 0.2) is 24.3 Å². The van der Waals surface area contributed by atoms with Gasteiger partial charge in [-0.3, -0.25) is 5.10 Å². The number of hydrogen-bond acceptors (Lipinski definition) is 2. The largest absolute Gasteiger partial charge is 0.310 e. The highest BCUT2D eigenvalue weighted by atomic mass is 19.1. The first-order chi connectivity index (χ1) is 9.06.